The van der Waals surface area contributed by atoms with Gasteiger partial charge in [0.05, 0.1) is 20.7 Å². The zero-order valence-corrected chi connectivity index (χ0v) is 10.9. The van der Waals surface area contributed by atoms with Crippen LogP contribution in [0.5, 0.6) is 0 Å². The summed E-state index contributed by atoms with van der Waals surface area (Å²) in [5.74, 6) is 2.87. The van der Waals surface area contributed by atoms with Gasteiger partial charge in [0.1, 0.15) is 0 Å². The number of nitrogens with zero attached hydrogens (tertiary/aromatic N) is 1. The van der Waals surface area contributed by atoms with Gasteiger partial charge in [0.15, 0.2) is 0 Å². The first-order valence-corrected chi connectivity index (χ1v) is 7.79. The van der Waals surface area contributed by atoms with E-state index in [2.05, 4.69) is 16.3 Å². The van der Waals surface area contributed by atoms with E-state index in [4.69, 9.17) is 0 Å². The fourth-order valence-corrected chi connectivity index (χ4v) is 2.79. The third kappa shape index (κ3) is 3.19. The first-order chi connectivity index (χ1) is 8.18. The fourth-order valence-electron chi connectivity index (χ4n) is 1.24. The Labute approximate surface area is 106 Å². The molecule has 0 N–H and O–H groups in total. The van der Waals surface area contributed by atoms with Gasteiger partial charge in [0, 0.05) is 11.2 Å². The van der Waals surface area contributed by atoms with Crippen molar-refractivity contribution < 1.29 is 4.21 Å². The molecule has 2 aromatic rings. The second-order valence-electron chi connectivity index (χ2n) is 3.42. The molecule has 86 valence electrons. The summed E-state index contributed by atoms with van der Waals surface area (Å²) in [5.41, 5.74) is 0. The Hall–Kier alpha value is -1.57. The van der Waals surface area contributed by atoms with Crippen molar-refractivity contribution in [3.8, 4) is 12.0 Å². The molecule has 0 aliphatic carbocycles. The summed E-state index contributed by atoms with van der Waals surface area (Å²) in [7, 11) is -2.41. The van der Waals surface area contributed by atoms with E-state index in [0.29, 0.717) is 4.90 Å². The molecular weight excluding hydrogens is 250 g/mol. The minimum absolute atomic E-state index is 0.709. The van der Waals surface area contributed by atoms with Gasteiger partial charge >= 0.3 is 0 Å². The molecule has 1 unspecified atom stereocenters. The van der Waals surface area contributed by atoms with Gasteiger partial charge < -0.3 is 0 Å². The van der Waals surface area contributed by atoms with Gasteiger partial charge in [-0.05, 0) is 29.5 Å². The maximum Gasteiger partial charge on any atom is 0.0854 e. The molecule has 0 fully saturated rings. The lowest BCUT2D eigenvalue weighted by Crippen LogP contribution is -1.95. The smallest absolute Gasteiger partial charge is 0.0854 e. The van der Waals surface area contributed by atoms with E-state index in [0.717, 1.165) is 4.88 Å². The molecule has 0 radical (unpaired) electrons. The van der Waals surface area contributed by atoms with Crippen molar-refractivity contribution in [2.24, 2.45) is 4.36 Å². The standard InChI is InChI=1S/C13H11NOS2/c1-17(15,13-7-3-2-4-8-13)14-10-9-12-6-5-11-16-12/h2-8,11H,1H3. The highest BCUT2D eigenvalue weighted by Gasteiger charge is 2.02. The Bertz CT molecular complexity index is 654. The Balaban J connectivity index is 2.31. The summed E-state index contributed by atoms with van der Waals surface area (Å²) < 4.78 is 16.2. The predicted molar refractivity (Wildman–Crippen MR) is 72.4 cm³/mol. The summed E-state index contributed by atoms with van der Waals surface area (Å²) in [5, 5.41) is 1.95. The zero-order valence-electron chi connectivity index (χ0n) is 9.29. The SMILES string of the molecule is CS(=O)(=NC#Cc1cccs1)c1ccccc1. The Kier molecular flexibility index (Phi) is 3.62. The molecule has 0 bridgehead atoms. The van der Waals surface area contributed by atoms with Gasteiger partial charge in [-0.25, -0.2) is 4.21 Å². The number of rotatable bonds is 1. The van der Waals surface area contributed by atoms with Crippen molar-refractivity contribution in [2.45, 2.75) is 4.90 Å². The average molecular weight is 261 g/mol. The minimum atomic E-state index is -2.41. The van der Waals surface area contributed by atoms with Crippen LogP contribution in [-0.4, -0.2) is 10.5 Å². The Morgan fingerprint density at radius 2 is 1.94 bits per heavy atom. The van der Waals surface area contributed by atoms with Gasteiger partial charge in [-0.3, -0.25) is 0 Å². The average Bonchev–Trinajstić information content (AvgIpc) is 2.83. The molecule has 17 heavy (non-hydrogen) atoms. The highest BCUT2D eigenvalue weighted by atomic mass is 32.2. The first-order valence-electron chi connectivity index (χ1n) is 4.99. The highest BCUT2D eigenvalue weighted by molar-refractivity contribution is 7.93. The van der Waals surface area contributed by atoms with Crippen LogP contribution in [0.1, 0.15) is 4.88 Å². The fraction of sp³-hybridized carbons (Fsp3) is 0.0769. The minimum Gasteiger partial charge on any atom is -0.244 e. The van der Waals surface area contributed by atoms with Crippen molar-refractivity contribution in [2.75, 3.05) is 6.26 Å². The molecule has 4 heteroatoms. The molecule has 1 aromatic heterocycles. The maximum absolute atomic E-state index is 12.3. The van der Waals surface area contributed by atoms with Crippen molar-refractivity contribution in [3.63, 3.8) is 0 Å². The maximum atomic E-state index is 12.3. The van der Waals surface area contributed by atoms with Crippen LogP contribution in [0.3, 0.4) is 0 Å². The molecule has 1 heterocycles. The Morgan fingerprint density at radius 1 is 1.18 bits per heavy atom. The number of hydrogen-bond donors (Lipinski definition) is 0. The van der Waals surface area contributed by atoms with Crippen molar-refractivity contribution in [1.82, 2.24) is 0 Å². The second-order valence-corrected chi connectivity index (χ2v) is 6.63. The van der Waals surface area contributed by atoms with Gasteiger partial charge in [-0.1, -0.05) is 24.3 Å². The van der Waals surface area contributed by atoms with E-state index in [1.165, 1.54) is 0 Å². The van der Waals surface area contributed by atoms with Crippen LogP contribution in [0.25, 0.3) is 0 Å². The van der Waals surface area contributed by atoms with E-state index < -0.39 is 9.73 Å². The summed E-state index contributed by atoms with van der Waals surface area (Å²) in [6.45, 7) is 0. The summed E-state index contributed by atoms with van der Waals surface area (Å²) in [4.78, 5) is 1.64. The molecule has 2 nitrogen and oxygen atoms in total. The van der Waals surface area contributed by atoms with E-state index in [1.54, 1.807) is 29.7 Å². The normalized spacial score (nSPS) is 13.2. The number of hydrogen-bond acceptors (Lipinski definition) is 3. The molecule has 0 aliphatic heterocycles. The van der Waals surface area contributed by atoms with Crippen LogP contribution in [0.15, 0.2) is 57.1 Å². The van der Waals surface area contributed by atoms with Crippen molar-refractivity contribution >= 4 is 21.1 Å². The molecule has 0 saturated heterocycles. The molecule has 0 aliphatic rings. The number of thiophene rings is 1. The third-order valence-electron chi connectivity index (χ3n) is 2.10. The second kappa shape index (κ2) is 5.17. The summed E-state index contributed by atoms with van der Waals surface area (Å²) >= 11 is 1.54. The van der Waals surface area contributed by atoms with E-state index in [-0.39, 0.29) is 0 Å². The van der Waals surface area contributed by atoms with Gasteiger partial charge in [-0.15, -0.1) is 15.7 Å². The van der Waals surface area contributed by atoms with E-state index >= 15 is 0 Å². The van der Waals surface area contributed by atoms with Crippen LogP contribution < -0.4 is 0 Å². The van der Waals surface area contributed by atoms with E-state index in [1.807, 2.05) is 35.7 Å². The molecule has 1 aromatic carbocycles. The molecule has 0 amide bonds. The predicted octanol–water partition coefficient (Wildman–Crippen LogP) is 3.21. The van der Waals surface area contributed by atoms with Crippen LogP contribution >= 0.6 is 11.3 Å². The van der Waals surface area contributed by atoms with Gasteiger partial charge in [0.2, 0.25) is 0 Å². The van der Waals surface area contributed by atoms with Crippen LogP contribution in [0, 0.1) is 12.0 Å². The first kappa shape index (κ1) is 11.9. The van der Waals surface area contributed by atoms with Gasteiger partial charge in [0.25, 0.3) is 0 Å². The largest absolute Gasteiger partial charge is 0.244 e. The van der Waals surface area contributed by atoms with Crippen LogP contribution in [-0.2, 0) is 9.73 Å². The molecule has 1 atom stereocenters. The summed E-state index contributed by atoms with van der Waals surface area (Å²) in [6, 6.07) is 15.7. The van der Waals surface area contributed by atoms with Gasteiger partial charge in [-0.2, -0.15) is 0 Å². The summed E-state index contributed by atoms with van der Waals surface area (Å²) in [6.07, 6.45) is 1.60. The molecular formula is C13H11NOS2. The highest BCUT2D eigenvalue weighted by Crippen LogP contribution is 2.10. The third-order valence-corrected chi connectivity index (χ3v) is 4.47. The lowest BCUT2D eigenvalue weighted by atomic mass is 10.4. The zero-order chi connectivity index (χ0) is 12.1. The quantitative estimate of drug-likeness (QED) is 0.725. The van der Waals surface area contributed by atoms with E-state index in [9.17, 15) is 4.21 Å². The number of benzene rings is 1. The molecule has 2 rings (SSSR count). The molecule has 0 saturated carbocycles. The lowest BCUT2D eigenvalue weighted by Gasteiger charge is -1.99. The van der Waals surface area contributed by atoms with Crippen molar-refractivity contribution in [1.29, 1.82) is 0 Å². The van der Waals surface area contributed by atoms with Crippen LogP contribution in [0.2, 0.25) is 0 Å². The Morgan fingerprint density at radius 3 is 2.59 bits per heavy atom. The van der Waals surface area contributed by atoms with Crippen LogP contribution in [0.4, 0.5) is 0 Å². The molecule has 0 spiro atoms. The lowest BCUT2D eigenvalue weighted by molar-refractivity contribution is 0.681. The van der Waals surface area contributed by atoms with Crippen molar-refractivity contribution in [3.05, 3.63) is 52.7 Å². The monoisotopic (exact) mass is 261 g/mol. The topological polar surface area (TPSA) is 29.4 Å².